The Labute approximate surface area is 115 Å². The van der Waals surface area contributed by atoms with E-state index >= 15 is 0 Å². The molecule has 0 aliphatic heterocycles. The third kappa shape index (κ3) is 3.94. The van der Waals surface area contributed by atoms with Gasteiger partial charge in [0.15, 0.2) is 9.84 Å². The van der Waals surface area contributed by atoms with E-state index in [-0.39, 0.29) is 6.10 Å². The van der Waals surface area contributed by atoms with Crippen molar-refractivity contribution in [3.8, 4) is 5.75 Å². The molecule has 0 radical (unpaired) electrons. The highest BCUT2D eigenvalue weighted by Gasteiger charge is 2.30. The van der Waals surface area contributed by atoms with Crippen molar-refractivity contribution in [2.24, 2.45) is 0 Å². The smallest absolute Gasteiger partial charge is 0.175 e. The fourth-order valence-corrected chi connectivity index (χ4v) is 2.77. The van der Waals surface area contributed by atoms with Gasteiger partial charge in [0.05, 0.1) is 4.90 Å². The van der Waals surface area contributed by atoms with Crippen molar-refractivity contribution in [1.82, 2.24) is 5.32 Å². The van der Waals surface area contributed by atoms with Gasteiger partial charge < -0.3 is 10.1 Å². The van der Waals surface area contributed by atoms with Crippen molar-refractivity contribution in [2.75, 3.05) is 12.8 Å². The second-order valence-electron chi connectivity index (χ2n) is 5.11. The van der Waals surface area contributed by atoms with Gasteiger partial charge >= 0.3 is 0 Å². The number of hydrogen-bond acceptors (Lipinski definition) is 4. The second kappa shape index (κ2) is 5.92. The Bertz CT molecular complexity index is 504. The predicted octanol–water partition coefficient (Wildman–Crippen LogP) is 2.00. The van der Waals surface area contributed by atoms with Crippen molar-refractivity contribution in [3.05, 3.63) is 24.3 Å². The summed E-state index contributed by atoms with van der Waals surface area (Å²) >= 11 is 0. The minimum Gasteiger partial charge on any atom is -0.490 e. The quantitative estimate of drug-likeness (QED) is 0.867. The Kier molecular flexibility index (Phi) is 4.47. The average Bonchev–Trinajstić information content (AvgIpc) is 2.31. The van der Waals surface area contributed by atoms with Crippen molar-refractivity contribution in [3.63, 3.8) is 0 Å². The van der Waals surface area contributed by atoms with Crippen LogP contribution in [0.4, 0.5) is 0 Å². The molecular weight excluding hydrogens is 262 g/mol. The molecule has 0 unspecified atom stereocenters. The van der Waals surface area contributed by atoms with Crippen LogP contribution in [0.2, 0.25) is 0 Å². The molecule has 19 heavy (non-hydrogen) atoms. The number of benzene rings is 1. The van der Waals surface area contributed by atoms with E-state index in [1.54, 1.807) is 24.3 Å². The van der Waals surface area contributed by atoms with Gasteiger partial charge in [-0.15, -0.1) is 0 Å². The van der Waals surface area contributed by atoms with Crippen LogP contribution < -0.4 is 10.1 Å². The maximum Gasteiger partial charge on any atom is 0.175 e. The number of hydrogen-bond donors (Lipinski definition) is 1. The summed E-state index contributed by atoms with van der Waals surface area (Å²) in [6, 6.07) is 7.21. The van der Waals surface area contributed by atoms with E-state index in [1.165, 1.54) is 6.26 Å². The van der Waals surface area contributed by atoms with Crippen LogP contribution in [-0.2, 0) is 9.84 Å². The van der Waals surface area contributed by atoms with Crippen LogP contribution in [0.5, 0.6) is 5.75 Å². The fraction of sp³-hybridized carbons (Fsp3) is 0.571. The van der Waals surface area contributed by atoms with E-state index < -0.39 is 9.84 Å². The summed E-state index contributed by atoms with van der Waals surface area (Å²) < 4.78 is 28.4. The normalized spacial score (nSPS) is 22.8. The SMILES string of the molecule is CCCNC1CC(Oc2ccc(S(C)(=O)=O)cc2)C1. The molecule has 106 valence electrons. The van der Waals surface area contributed by atoms with Gasteiger partial charge in [-0.25, -0.2) is 8.42 Å². The summed E-state index contributed by atoms with van der Waals surface area (Å²) in [7, 11) is -3.12. The molecule has 1 saturated carbocycles. The first-order valence-corrected chi connectivity index (χ1v) is 8.58. The molecular formula is C14H21NO3S. The monoisotopic (exact) mass is 283 g/mol. The van der Waals surface area contributed by atoms with E-state index in [1.807, 2.05) is 0 Å². The van der Waals surface area contributed by atoms with Gasteiger partial charge in [-0.1, -0.05) is 6.92 Å². The van der Waals surface area contributed by atoms with Crippen molar-refractivity contribution < 1.29 is 13.2 Å². The fourth-order valence-electron chi connectivity index (χ4n) is 2.13. The Morgan fingerprint density at radius 2 is 1.89 bits per heavy atom. The van der Waals surface area contributed by atoms with Gasteiger partial charge in [-0.2, -0.15) is 0 Å². The predicted molar refractivity (Wildman–Crippen MR) is 75.3 cm³/mol. The molecule has 1 aliphatic carbocycles. The maximum absolute atomic E-state index is 11.3. The van der Waals surface area contributed by atoms with Gasteiger partial charge in [0.25, 0.3) is 0 Å². The van der Waals surface area contributed by atoms with Crippen LogP contribution in [0.25, 0.3) is 0 Å². The Morgan fingerprint density at radius 1 is 1.26 bits per heavy atom. The van der Waals surface area contributed by atoms with Crippen LogP contribution in [0.3, 0.4) is 0 Å². The molecule has 1 aliphatic rings. The Hall–Kier alpha value is -1.07. The average molecular weight is 283 g/mol. The van der Waals surface area contributed by atoms with Crippen LogP contribution >= 0.6 is 0 Å². The lowest BCUT2D eigenvalue weighted by Crippen LogP contribution is -2.46. The van der Waals surface area contributed by atoms with E-state index in [9.17, 15) is 8.42 Å². The first-order valence-electron chi connectivity index (χ1n) is 6.69. The zero-order valence-electron chi connectivity index (χ0n) is 11.4. The topological polar surface area (TPSA) is 55.4 Å². The van der Waals surface area contributed by atoms with Crippen molar-refractivity contribution >= 4 is 9.84 Å². The highest BCUT2D eigenvalue weighted by atomic mass is 32.2. The highest BCUT2D eigenvalue weighted by Crippen LogP contribution is 2.26. The summed E-state index contributed by atoms with van der Waals surface area (Å²) in [5.74, 6) is 0.742. The lowest BCUT2D eigenvalue weighted by atomic mass is 9.89. The standard InChI is InChI=1S/C14H21NO3S/c1-3-8-15-11-9-13(10-11)18-12-4-6-14(7-5-12)19(2,16)17/h4-7,11,13,15H,3,8-10H2,1-2H3. The van der Waals surface area contributed by atoms with Crippen LogP contribution in [0.1, 0.15) is 26.2 Å². The minimum absolute atomic E-state index is 0.249. The molecule has 0 atom stereocenters. The summed E-state index contributed by atoms with van der Waals surface area (Å²) in [4.78, 5) is 0.330. The summed E-state index contributed by atoms with van der Waals surface area (Å²) in [6.45, 7) is 3.21. The molecule has 1 aromatic carbocycles. The molecule has 1 N–H and O–H groups in total. The molecule has 4 nitrogen and oxygen atoms in total. The molecule has 0 saturated heterocycles. The molecule has 1 fully saturated rings. The summed E-state index contributed by atoms with van der Waals surface area (Å²) in [5, 5.41) is 3.45. The third-order valence-electron chi connectivity index (χ3n) is 3.33. The molecule has 0 aromatic heterocycles. The van der Waals surface area contributed by atoms with Crippen molar-refractivity contribution in [1.29, 1.82) is 0 Å². The maximum atomic E-state index is 11.3. The molecule has 5 heteroatoms. The number of ether oxygens (including phenoxy) is 1. The van der Waals surface area contributed by atoms with Crippen molar-refractivity contribution in [2.45, 2.75) is 43.2 Å². The molecule has 0 amide bonds. The van der Waals surface area contributed by atoms with E-state index in [0.29, 0.717) is 10.9 Å². The lowest BCUT2D eigenvalue weighted by Gasteiger charge is -2.36. The van der Waals surface area contributed by atoms with E-state index in [2.05, 4.69) is 12.2 Å². The van der Waals surface area contributed by atoms with Crippen LogP contribution in [0, 0.1) is 0 Å². The second-order valence-corrected chi connectivity index (χ2v) is 7.12. The van der Waals surface area contributed by atoms with Crippen LogP contribution in [-0.4, -0.2) is 33.4 Å². The Balaban J connectivity index is 1.82. The largest absolute Gasteiger partial charge is 0.490 e. The van der Waals surface area contributed by atoms with Gasteiger partial charge in [0.1, 0.15) is 11.9 Å². The third-order valence-corrected chi connectivity index (χ3v) is 4.46. The van der Waals surface area contributed by atoms with Gasteiger partial charge in [0, 0.05) is 12.3 Å². The zero-order chi connectivity index (χ0) is 13.9. The summed E-state index contributed by atoms with van der Waals surface area (Å²) in [6.07, 6.45) is 4.65. The van der Waals surface area contributed by atoms with Gasteiger partial charge in [0.2, 0.25) is 0 Å². The van der Waals surface area contributed by atoms with Gasteiger partial charge in [-0.3, -0.25) is 0 Å². The number of sulfone groups is 1. The Morgan fingerprint density at radius 3 is 2.42 bits per heavy atom. The van der Waals surface area contributed by atoms with Crippen LogP contribution in [0.15, 0.2) is 29.2 Å². The molecule has 0 heterocycles. The molecule has 0 bridgehead atoms. The zero-order valence-corrected chi connectivity index (χ0v) is 12.2. The van der Waals surface area contributed by atoms with E-state index in [4.69, 9.17) is 4.74 Å². The highest BCUT2D eigenvalue weighted by molar-refractivity contribution is 7.90. The minimum atomic E-state index is -3.12. The lowest BCUT2D eigenvalue weighted by molar-refractivity contribution is 0.0852. The molecule has 1 aromatic rings. The summed E-state index contributed by atoms with van der Waals surface area (Å²) in [5.41, 5.74) is 0. The first kappa shape index (κ1) is 14.3. The van der Waals surface area contributed by atoms with E-state index in [0.717, 1.165) is 31.6 Å². The first-order chi connectivity index (χ1) is 8.99. The number of rotatable bonds is 6. The van der Waals surface area contributed by atoms with Gasteiger partial charge in [-0.05, 0) is 50.1 Å². The molecule has 0 spiro atoms. The number of nitrogens with one attached hydrogen (secondary N) is 1. The molecule has 2 rings (SSSR count).